The molecule has 16 aromatic rings. The summed E-state index contributed by atoms with van der Waals surface area (Å²) < 4.78 is 55.0. The number of aromatic nitrogens is 4. The number of nitrogens with zero attached hydrogens (tertiary/aromatic N) is 7. The number of rotatable bonds is 6. The second-order valence-electron chi connectivity index (χ2n) is 24.9. The molecule has 0 saturated heterocycles. The molecular weight excluding hydrogens is 1160 g/mol. The zero-order chi connectivity index (χ0) is 65.2. The maximum atomic E-state index is 15.4. The van der Waals surface area contributed by atoms with Crippen LogP contribution >= 0.6 is 0 Å². The summed E-state index contributed by atoms with van der Waals surface area (Å²) in [5.41, 5.74) is 22.4. The van der Waals surface area contributed by atoms with Gasteiger partial charge in [-0.3, -0.25) is 0 Å². The van der Waals surface area contributed by atoms with E-state index >= 15 is 13.2 Å². The molecule has 4 aromatic heterocycles. The molecule has 0 amide bonds. The molecule has 0 unspecified atom stereocenters. The quantitative estimate of drug-likeness (QED) is 0.166. The molecule has 4 heterocycles. The summed E-state index contributed by atoms with van der Waals surface area (Å²) in [5, 5.41) is 38.9. The molecule has 0 bridgehead atoms. The molecule has 16 rings (SSSR count). The van der Waals surface area contributed by atoms with Crippen LogP contribution in [0.4, 0.5) is 13.2 Å². The number of halogens is 3. The van der Waals surface area contributed by atoms with Gasteiger partial charge in [0.1, 0.15) is 0 Å². The van der Waals surface area contributed by atoms with E-state index in [1.165, 1.54) is 44.8 Å². The van der Waals surface area contributed by atoms with Crippen molar-refractivity contribution in [1.29, 1.82) is 15.8 Å². The van der Waals surface area contributed by atoms with Crippen LogP contribution in [0.3, 0.4) is 0 Å². The van der Waals surface area contributed by atoms with Crippen molar-refractivity contribution in [3.8, 4) is 63.2 Å². The fourth-order valence-corrected chi connectivity index (χ4v) is 15.0. The highest BCUT2D eigenvalue weighted by Crippen LogP contribution is 2.48. The van der Waals surface area contributed by atoms with E-state index in [1.54, 1.807) is 30.3 Å². The Kier molecular flexibility index (Phi) is 13.8. The number of hydrogen-bond donors (Lipinski definition) is 0. The van der Waals surface area contributed by atoms with Gasteiger partial charge >= 0.3 is 6.18 Å². The lowest BCUT2D eigenvalue weighted by atomic mass is 9.95. The monoisotopic (exact) mass is 1220 g/mol. The van der Waals surface area contributed by atoms with Crippen LogP contribution < -0.4 is 0 Å². The van der Waals surface area contributed by atoms with Crippen molar-refractivity contribution >= 4 is 87.2 Å². The second-order valence-corrected chi connectivity index (χ2v) is 24.9. The minimum atomic E-state index is -4.68. The first kappa shape index (κ1) is 58.5. The van der Waals surface area contributed by atoms with Gasteiger partial charge in [0, 0.05) is 48.7 Å². The minimum Gasteiger partial charge on any atom is -0.307 e. The van der Waals surface area contributed by atoms with E-state index < -0.39 is 11.7 Å². The number of hydrogen-bond acceptors (Lipinski definition) is 3. The number of alkyl halides is 3. The van der Waals surface area contributed by atoms with Crippen molar-refractivity contribution in [3.05, 3.63) is 285 Å². The van der Waals surface area contributed by atoms with E-state index in [4.69, 9.17) is 0 Å². The molecule has 0 aliphatic carbocycles. The Morgan fingerprint density at radius 2 is 0.521 bits per heavy atom. The van der Waals surface area contributed by atoms with Crippen molar-refractivity contribution in [1.82, 2.24) is 18.3 Å². The van der Waals surface area contributed by atoms with Crippen LogP contribution in [0.1, 0.15) is 66.8 Å². The van der Waals surface area contributed by atoms with E-state index in [0.29, 0.717) is 33.6 Å². The third kappa shape index (κ3) is 8.99. The van der Waals surface area contributed by atoms with E-state index in [9.17, 15) is 15.8 Å². The molecule has 0 spiro atoms. The van der Waals surface area contributed by atoms with Crippen molar-refractivity contribution in [2.45, 2.75) is 61.6 Å². The molecule has 0 aliphatic heterocycles. The van der Waals surface area contributed by atoms with Crippen LogP contribution in [-0.4, -0.2) is 18.3 Å². The molecule has 0 aliphatic rings. The molecule has 10 heteroatoms. The number of fused-ring (bicyclic) bond motifs is 12. The highest BCUT2D eigenvalue weighted by atomic mass is 19.4. The van der Waals surface area contributed by atoms with Gasteiger partial charge in [0.15, 0.2) is 0 Å². The predicted molar refractivity (Wildman–Crippen MR) is 378 cm³/mol. The fraction of sp³-hybridized carbons (Fsp3) is 0.107. The van der Waals surface area contributed by atoms with Crippen LogP contribution in [0.15, 0.2) is 218 Å². The third-order valence-corrected chi connectivity index (χ3v) is 19.1. The lowest BCUT2D eigenvalue weighted by Gasteiger charge is -2.23. The van der Waals surface area contributed by atoms with Gasteiger partial charge in [-0.05, 0) is 165 Å². The Morgan fingerprint density at radius 3 is 0.787 bits per heavy atom. The SMILES string of the molecule is Cc1cccc2c3cccc(C)c3n(-c3cc(-c4cccc(C#N)c4)c(C(F)(F)F)cc3-n3c4c(C)cccc4c4cccc(C)c43)c12.Cc1cccc2c3cccc(C)c3n(-c3cc(C#N)c(-c4cccc(C#N)c4)cc3-n3c4c(C)cccc4c4cccc(C)c43)c12. The lowest BCUT2D eigenvalue weighted by molar-refractivity contribution is -0.137. The summed E-state index contributed by atoms with van der Waals surface area (Å²) >= 11 is 0. The maximum absolute atomic E-state index is 15.4. The minimum absolute atomic E-state index is 0.0183. The second kappa shape index (κ2) is 22.2. The van der Waals surface area contributed by atoms with Crippen LogP contribution in [0.2, 0.25) is 0 Å². The van der Waals surface area contributed by atoms with E-state index in [-0.39, 0.29) is 5.56 Å². The van der Waals surface area contributed by atoms with Gasteiger partial charge in [-0.15, -0.1) is 0 Å². The van der Waals surface area contributed by atoms with Gasteiger partial charge in [0.2, 0.25) is 0 Å². The molecule has 0 fully saturated rings. The Morgan fingerprint density at radius 1 is 0.277 bits per heavy atom. The van der Waals surface area contributed by atoms with Crippen LogP contribution in [0.25, 0.3) is 132 Å². The first-order valence-electron chi connectivity index (χ1n) is 31.3. The average Bonchev–Trinajstić information content (AvgIpc) is 1.54. The Balaban J connectivity index is 0.000000155. The molecule has 0 radical (unpaired) electrons. The Bertz CT molecular complexity index is 5820. The molecule has 0 saturated carbocycles. The van der Waals surface area contributed by atoms with Gasteiger partial charge in [-0.25, -0.2) is 0 Å². The topological polar surface area (TPSA) is 91.1 Å². The molecule has 0 atom stereocenters. The third-order valence-electron chi connectivity index (χ3n) is 19.1. The Hall–Kier alpha value is -11.9. The molecular formula is C84H60F3N7. The summed E-state index contributed by atoms with van der Waals surface area (Å²) in [6.45, 7) is 16.8. The molecule has 0 N–H and O–H groups in total. The van der Waals surface area contributed by atoms with Gasteiger partial charge in [0.05, 0.1) is 107 Å². The first-order chi connectivity index (χ1) is 45.5. The number of para-hydroxylation sites is 8. The van der Waals surface area contributed by atoms with Crippen LogP contribution in [0.5, 0.6) is 0 Å². The highest BCUT2D eigenvalue weighted by molar-refractivity contribution is 6.16. The van der Waals surface area contributed by atoms with Crippen molar-refractivity contribution < 1.29 is 13.2 Å². The number of benzene rings is 12. The highest BCUT2D eigenvalue weighted by Gasteiger charge is 2.37. The standard InChI is InChI=1S/C42H30F3N3.C42H30N4/c1-24-10-5-16-30-31-17-6-11-25(2)39(31)47(38(24)30)36-21-34(29-15-9-14-28(20-29)23-46)35(42(43,44)45)22-37(36)48-40-26(3)12-7-18-32(40)33-19-8-13-27(4)41(33)48;1-25-10-5-16-32-33-17-6-11-26(2)40(33)45(39(25)32)37-21-31(24-44)36(30-15-9-14-29(20-30)23-43)22-38(37)46-41-27(3)12-7-18-34(41)35-19-8-13-28(4)42(35)46/h5-22H,1-4H3;5-22H,1-4H3. The lowest BCUT2D eigenvalue weighted by Crippen LogP contribution is -2.12. The maximum Gasteiger partial charge on any atom is 0.417 e. The summed E-state index contributed by atoms with van der Waals surface area (Å²) in [5.74, 6) is 0. The van der Waals surface area contributed by atoms with Crippen molar-refractivity contribution in [2.75, 3.05) is 0 Å². The Labute approximate surface area is 541 Å². The summed E-state index contributed by atoms with van der Waals surface area (Å²) in [6, 6.07) is 78.4. The molecule has 94 heavy (non-hydrogen) atoms. The van der Waals surface area contributed by atoms with E-state index in [0.717, 1.165) is 122 Å². The normalized spacial score (nSPS) is 11.7. The summed E-state index contributed by atoms with van der Waals surface area (Å²) in [7, 11) is 0. The van der Waals surface area contributed by atoms with Gasteiger partial charge in [0.25, 0.3) is 0 Å². The van der Waals surface area contributed by atoms with Crippen molar-refractivity contribution in [3.63, 3.8) is 0 Å². The number of aryl methyl sites for hydroxylation is 8. The van der Waals surface area contributed by atoms with Gasteiger partial charge < -0.3 is 18.3 Å². The summed E-state index contributed by atoms with van der Waals surface area (Å²) in [6.07, 6.45) is -4.68. The zero-order valence-electron chi connectivity index (χ0n) is 53.0. The zero-order valence-corrected chi connectivity index (χ0v) is 53.0. The smallest absolute Gasteiger partial charge is 0.307 e. The van der Waals surface area contributed by atoms with E-state index in [1.807, 2.05) is 111 Å². The molecule has 12 aromatic carbocycles. The molecule has 7 nitrogen and oxygen atoms in total. The predicted octanol–water partition coefficient (Wildman–Crippen LogP) is 22.2. The number of nitriles is 3. The van der Waals surface area contributed by atoms with Crippen LogP contribution in [-0.2, 0) is 6.18 Å². The first-order valence-corrected chi connectivity index (χ1v) is 31.3. The largest absolute Gasteiger partial charge is 0.417 e. The van der Waals surface area contributed by atoms with Gasteiger partial charge in [-0.2, -0.15) is 29.0 Å². The van der Waals surface area contributed by atoms with E-state index in [2.05, 4.69) is 157 Å². The average molecular weight is 1220 g/mol. The van der Waals surface area contributed by atoms with Gasteiger partial charge in [-0.1, -0.05) is 170 Å². The van der Waals surface area contributed by atoms with Crippen molar-refractivity contribution in [2.24, 2.45) is 0 Å². The summed E-state index contributed by atoms with van der Waals surface area (Å²) in [4.78, 5) is 0. The molecule has 452 valence electrons. The fourth-order valence-electron chi connectivity index (χ4n) is 15.0. The van der Waals surface area contributed by atoms with Crippen LogP contribution in [0, 0.1) is 89.4 Å².